The predicted octanol–water partition coefficient (Wildman–Crippen LogP) is 4.09. The quantitative estimate of drug-likeness (QED) is 0.578. The Balaban J connectivity index is 1.53. The third-order valence-electron chi connectivity index (χ3n) is 4.61. The van der Waals surface area contributed by atoms with Crippen LogP contribution in [0.1, 0.15) is 24.7 Å². The molecule has 0 saturated carbocycles. The number of hydrogen-bond donors (Lipinski definition) is 0. The summed E-state index contributed by atoms with van der Waals surface area (Å²) in [5.41, 5.74) is 0.890. The Hall–Kier alpha value is -1.68. The van der Waals surface area contributed by atoms with E-state index in [0.29, 0.717) is 29.0 Å². The lowest BCUT2D eigenvalue weighted by molar-refractivity contribution is 0.266. The van der Waals surface area contributed by atoms with Gasteiger partial charge < -0.3 is 4.52 Å². The normalized spacial score (nSPS) is 18.6. The molecule has 0 aliphatic carbocycles. The summed E-state index contributed by atoms with van der Waals surface area (Å²) in [5, 5.41) is 5.87. The van der Waals surface area contributed by atoms with Crippen LogP contribution in [0.3, 0.4) is 0 Å². The van der Waals surface area contributed by atoms with Gasteiger partial charge in [0.25, 0.3) is 10.0 Å². The molecule has 2 aromatic heterocycles. The molecule has 0 amide bonds. The van der Waals surface area contributed by atoms with Crippen molar-refractivity contribution in [3.05, 3.63) is 47.7 Å². The Kier molecular flexibility index (Phi) is 5.36. The number of nitrogens with zero attached hydrogens (tertiary/aromatic N) is 3. The predicted molar refractivity (Wildman–Crippen MR) is 107 cm³/mol. The second kappa shape index (κ2) is 7.75. The topological polar surface area (TPSA) is 76.3 Å². The van der Waals surface area contributed by atoms with Crippen molar-refractivity contribution in [1.29, 1.82) is 0 Å². The minimum atomic E-state index is -3.45. The van der Waals surface area contributed by atoms with E-state index in [-0.39, 0.29) is 5.92 Å². The molecule has 9 heteroatoms. The summed E-state index contributed by atoms with van der Waals surface area (Å²) in [6, 6.07) is 11.4. The maximum absolute atomic E-state index is 12.8. The molecule has 0 bridgehead atoms. The molecular weight excluding hydrogens is 402 g/mol. The number of piperidine rings is 1. The summed E-state index contributed by atoms with van der Waals surface area (Å²) in [4.78, 5) is 5.71. The first-order chi connectivity index (χ1) is 13.1. The standard InChI is InChI=1S/C18H19N3O3S3/c1-25-15-8-6-13(7-9-15)17-19-18(24-20-17)14-4-2-10-21(12-14)27(22,23)16-5-3-11-26-16/h3,5-9,11,14H,2,4,10,12H2,1H3. The molecule has 142 valence electrons. The Morgan fingerprint density at radius 3 is 2.78 bits per heavy atom. The minimum Gasteiger partial charge on any atom is -0.339 e. The number of sulfonamides is 1. The first kappa shape index (κ1) is 18.7. The van der Waals surface area contributed by atoms with Gasteiger partial charge in [0.15, 0.2) is 0 Å². The van der Waals surface area contributed by atoms with Crippen LogP contribution in [0.2, 0.25) is 0 Å². The van der Waals surface area contributed by atoms with Crippen molar-refractivity contribution in [3.63, 3.8) is 0 Å². The van der Waals surface area contributed by atoms with Crippen molar-refractivity contribution in [3.8, 4) is 11.4 Å². The highest BCUT2D eigenvalue weighted by molar-refractivity contribution is 7.98. The molecule has 0 radical (unpaired) electrons. The largest absolute Gasteiger partial charge is 0.339 e. The number of benzene rings is 1. The van der Waals surface area contributed by atoms with Crippen LogP contribution < -0.4 is 0 Å². The summed E-state index contributed by atoms with van der Waals surface area (Å²) in [6.45, 7) is 0.890. The summed E-state index contributed by atoms with van der Waals surface area (Å²) in [6.07, 6.45) is 3.64. The number of thioether (sulfide) groups is 1. The van der Waals surface area contributed by atoms with Gasteiger partial charge in [-0.2, -0.15) is 9.29 Å². The maximum Gasteiger partial charge on any atom is 0.252 e. The Morgan fingerprint density at radius 1 is 1.26 bits per heavy atom. The van der Waals surface area contributed by atoms with Gasteiger partial charge in [-0.25, -0.2) is 8.42 Å². The first-order valence-corrected chi connectivity index (χ1v) is 12.1. The number of aromatic nitrogens is 2. The Bertz CT molecular complexity index is 998. The van der Waals surface area contributed by atoms with Crippen molar-refractivity contribution in [2.45, 2.75) is 27.9 Å². The summed E-state index contributed by atoms with van der Waals surface area (Å²) in [5.74, 6) is 0.959. The molecule has 1 atom stereocenters. The smallest absolute Gasteiger partial charge is 0.252 e. The van der Waals surface area contributed by atoms with Crippen molar-refractivity contribution >= 4 is 33.1 Å². The number of hydrogen-bond acceptors (Lipinski definition) is 7. The zero-order valence-corrected chi connectivity index (χ0v) is 17.2. The van der Waals surface area contributed by atoms with Crippen molar-refractivity contribution in [1.82, 2.24) is 14.4 Å². The lowest BCUT2D eigenvalue weighted by Gasteiger charge is -2.29. The van der Waals surface area contributed by atoms with E-state index in [1.807, 2.05) is 30.5 Å². The molecule has 27 heavy (non-hydrogen) atoms. The van der Waals surface area contributed by atoms with Gasteiger partial charge >= 0.3 is 0 Å². The van der Waals surface area contributed by atoms with Crippen molar-refractivity contribution < 1.29 is 12.9 Å². The molecular formula is C18H19N3O3S3. The lowest BCUT2D eigenvalue weighted by Crippen LogP contribution is -2.38. The molecule has 4 rings (SSSR count). The number of thiophene rings is 1. The van der Waals surface area contributed by atoms with E-state index in [4.69, 9.17) is 4.52 Å². The fraction of sp³-hybridized carbons (Fsp3) is 0.333. The molecule has 0 spiro atoms. The van der Waals surface area contributed by atoms with E-state index < -0.39 is 10.0 Å². The van der Waals surface area contributed by atoms with Crippen LogP contribution in [-0.4, -0.2) is 42.2 Å². The second-order valence-electron chi connectivity index (χ2n) is 6.32. The molecule has 1 fully saturated rings. The Labute approximate surface area is 166 Å². The highest BCUT2D eigenvalue weighted by atomic mass is 32.2. The van der Waals surface area contributed by atoms with Crippen LogP contribution in [0.25, 0.3) is 11.4 Å². The van der Waals surface area contributed by atoms with Gasteiger partial charge in [0.05, 0.1) is 5.92 Å². The molecule has 3 aromatic rings. The third kappa shape index (κ3) is 3.82. The molecule has 1 saturated heterocycles. The molecule has 1 aromatic carbocycles. The summed E-state index contributed by atoms with van der Waals surface area (Å²) in [7, 11) is -3.45. The first-order valence-electron chi connectivity index (χ1n) is 8.59. The van der Waals surface area contributed by atoms with E-state index in [2.05, 4.69) is 10.1 Å². The SMILES string of the molecule is CSc1ccc(-c2noc(C3CCCN(S(=O)(=O)c4cccs4)C3)n2)cc1. The second-order valence-corrected chi connectivity index (χ2v) is 10.3. The average molecular weight is 422 g/mol. The van der Waals surface area contributed by atoms with Crippen LogP contribution in [0.5, 0.6) is 0 Å². The van der Waals surface area contributed by atoms with Crippen molar-refractivity contribution in [2.75, 3.05) is 19.3 Å². The van der Waals surface area contributed by atoms with Gasteiger partial charge in [0, 0.05) is 23.5 Å². The fourth-order valence-corrected chi connectivity index (χ4v) is 6.23. The highest BCUT2D eigenvalue weighted by Crippen LogP contribution is 2.32. The van der Waals surface area contributed by atoms with Crippen molar-refractivity contribution in [2.24, 2.45) is 0 Å². The lowest BCUT2D eigenvalue weighted by atomic mass is 10.00. The van der Waals surface area contributed by atoms with Gasteiger partial charge in [0.1, 0.15) is 4.21 Å². The van der Waals surface area contributed by atoms with Crippen LogP contribution in [0.15, 0.2) is 55.4 Å². The van der Waals surface area contributed by atoms with Crippen LogP contribution in [-0.2, 0) is 10.0 Å². The molecule has 1 aliphatic heterocycles. The van der Waals surface area contributed by atoms with Gasteiger partial charge in [0.2, 0.25) is 11.7 Å². The van der Waals surface area contributed by atoms with E-state index in [1.54, 1.807) is 29.3 Å². The van der Waals surface area contributed by atoms with Gasteiger partial charge in [-0.15, -0.1) is 23.1 Å². The fourth-order valence-electron chi connectivity index (χ4n) is 3.16. The van der Waals surface area contributed by atoms with Crippen LogP contribution in [0, 0.1) is 0 Å². The molecule has 1 aliphatic rings. The van der Waals surface area contributed by atoms with Gasteiger partial charge in [-0.05, 0) is 54.8 Å². The zero-order valence-electron chi connectivity index (χ0n) is 14.7. The van der Waals surface area contributed by atoms with E-state index in [0.717, 1.165) is 18.4 Å². The van der Waals surface area contributed by atoms with E-state index in [9.17, 15) is 8.42 Å². The Morgan fingerprint density at radius 2 is 2.07 bits per heavy atom. The van der Waals surface area contributed by atoms with Gasteiger partial charge in [-0.1, -0.05) is 11.2 Å². The third-order valence-corrected chi connectivity index (χ3v) is 8.59. The minimum absolute atomic E-state index is 0.0831. The molecule has 6 nitrogen and oxygen atoms in total. The zero-order chi connectivity index (χ0) is 18.9. The molecule has 1 unspecified atom stereocenters. The monoisotopic (exact) mass is 421 g/mol. The molecule has 3 heterocycles. The highest BCUT2D eigenvalue weighted by Gasteiger charge is 2.33. The number of rotatable bonds is 5. The molecule has 0 N–H and O–H groups in total. The average Bonchev–Trinajstić information content (AvgIpc) is 3.41. The van der Waals surface area contributed by atoms with E-state index >= 15 is 0 Å². The summed E-state index contributed by atoms with van der Waals surface area (Å²) >= 11 is 2.92. The van der Waals surface area contributed by atoms with Crippen LogP contribution in [0.4, 0.5) is 0 Å². The van der Waals surface area contributed by atoms with E-state index in [1.165, 1.54) is 20.5 Å². The van der Waals surface area contributed by atoms with Gasteiger partial charge in [-0.3, -0.25) is 0 Å². The van der Waals surface area contributed by atoms with Crippen LogP contribution >= 0.6 is 23.1 Å². The maximum atomic E-state index is 12.8. The summed E-state index contributed by atoms with van der Waals surface area (Å²) < 4.78 is 33.0.